The Bertz CT molecular complexity index is 521. The summed E-state index contributed by atoms with van der Waals surface area (Å²) in [5.74, 6) is 0.355. The molecule has 1 heterocycles. The Hall–Kier alpha value is -1.30. The molecule has 0 bridgehead atoms. The minimum atomic E-state index is -4.36. The lowest BCUT2D eigenvalue weighted by atomic mass is 10.1. The summed E-state index contributed by atoms with van der Waals surface area (Å²) in [6.07, 6.45) is -3.14. The molecule has 17 heavy (non-hydrogen) atoms. The lowest BCUT2D eigenvalue weighted by Gasteiger charge is -2.07. The van der Waals surface area contributed by atoms with Crippen molar-refractivity contribution >= 4 is 15.9 Å². The van der Waals surface area contributed by atoms with Crippen molar-refractivity contribution in [2.24, 2.45) is 0 Å². The molecule has 0 unspecified atom stereocenters. The fourth-order valence-electron chi connectivity index (χ4n) is 1.44. The Morgan fingerprint density at radius 2 is 2.06 bits per heavy atom. The number of alkyl halides is 4. The molecule has 0 saturated carbocycles. The van der Waals surface area contributed by atoms with Gasteiger partial charge in [-0.25, -0.2) is 4.98 Å². The van der Waals surface area contributed by atoms with E-state index in [4.69, 9.17) is 4.42 Å². The van der Waals surface area contributed by atoms with E-state index < -0.39 is 11.7 Å². The molecule has 0 amide bonds. The summed E-state index contributed by atoms with van der Waals surface area (Å²) in [6, 6.07) is 4.97. The van der Waals surface area contributed by atoms with E-state index in [9.17, 15) is 13.2 Å². The molecule has 1 aromatic heterocycles. The molecule has 1 aromatic carbocycles. The van der Waals surface area contributed by atoms with E-state index >= 15 is 0 Å². The minimum Gasteiger partial charge on any atom is -0.443 e. The van der Waals surface area contributed by atoms with Gasteiger partial charge in [0, 0.05) is 10.9 Å². The molecule has 0 aliphatic carbocycles. The maximum Gasteiger partial charge on any atom is 0.416 e. The first-order valence-electron chi connectivity index (χ1n) is 4.68. The minimum absolute atomic E-state index is 0.355. The molecule has 0 N–H and O–H groups in total. The summed E-state index contributed by atoms with van der Waals surface area (Å²) in [5, 5.41) is 0.426. The van der Waals surface area contributed by atoms with Gasteiger partial charge >= 0.3 is 6.18 Å². The molecule has 0 saturated heterocycles. The molecule has 0 fully saturated rings. The standard InChI is InChI=1S/C11H7BrF3NO/c12-5-9-10(17-6-16-9)7-2-1-3-8(4-7)11(13,14)15/h1-4,6H,5H2. The summed E-state index contributed by atoms with van der Waals surface area (Å²) in [4.78, 5) is 3.91. The molecular weight excluding hydrogens is 299 g/mol. The topological polar surface area (TPSA) is 26.0 Å². The number of aromatic nitrogens is 1. The van der Waals surface area contributed by atoms with E-state index in [2.05, 4.69) is 20.9 Å². The molecule has 0 spiro atoms. The van der Waals surface area contributed by atoms with Gasteiger partial charge in [-0.2, -0.15) is 13.2 Å². The van der Waals surface area contributed by atoms with Crippen molar-refractivity contribution in [1.82, 2.24) is 4.98 Å². The third-order valence-electron chi connectivity index (χ3n) is 2.22. The maximum absolute atomic E-state index is 12.5. The van der Waals surface area contributed by atoms with Crippen LogP contribution in [0.2, 0.25) is 0 Å². The SMILES string of the molecule is FC(F)(F)c1cccc(-c2ocnc2CBr)c1. The first kappa shape index (κ1) is 12.2. The van der Waals surface area contributed by atoms with E-state index in [1.807, 2.05) is 0 Å². The average Bonchev–Trinajstić information content (AvgIpc) is 2.76. The molecule has 2 rings (SSSR count). The Balaban J connectivity index is 2.47. The predicted octanol–water partition coefficient (Wildman–Crippen LogP) is 4.26. The van der Waals surface area contributed by atoms with Gasteiger partial charge in [0.1, 0.15) is 0 Å². The van der Waals surface area contributed by atoms with Crippen molar-refractivity contribution in [3.8, 4) is 11.3 Å². The average molecular weight is 306 g/mol. The van der Waals surface area contributed by atoms with Crippen molar-refractivity contribution in [3.05, 3.63) is 41.9 Å². The molecule has 6 heteroatoms. The summed E-state index contributed by atoms with van der Waals surface area (Å²) in [7, 11) is 0. The Labute approximate surface area is 104 Å². The molecule has 2 aromatic rings. The second-order valence-corrected chi connectivity index (χ2v) is 3.90. The third-order valence-corrected chi connectivity index (χ3v) is 2.75. The van der Waals surface area contributed by atoms with Crippen molar-refractivity contribution < 1.29 is 17.6 Å². The van der Waals surface area contributed by atoms with Crippen LogP contribution in [0.4, 0.5) is 13.2 Å². The maximum atomic E-state index is 12.5. The normalized spacial score (nSPS) is 11.8. The van der Waals surface area contributed by atoms with Crippen LogP contribution in [0.25, 0.3) is 11.3 Å². The van der Waals surface area contributed by atoms with Crippen LogP contribution in [-0.2, 0) is 11.5 Å². The molecular formula is C11H7BrF3NO. The summed E-state index contributed by atoms with van der Waals surface area (Å²) < 4.78 is 42.7. The number of oxazole rings is 1. The Morgan fingerprint density at radius 3 is 2.71 bits per heavy atom. The van der Waals surface area contributed by atoms with Crippen molar-refractivity contribution in [2.45, 2.75) is 11.5 Å². The first-order chi connectivity index (χ1) is 8.02. The Morgan fingerprint density at radius 1 is 1.29 bits per heavy atom. The zero-order chi connectivity index (χ0) is 12.5. The van der Waals surface area contributed by atoms with Crippen LogP contribution in [0.15, 0.2) is 35.1 Å². The van der Waals surface area contributed by atoms with Gasteiger partial charge in [-0.15, -0.1) is 0 Å². The van der Waals surface area contributed by atoms with Crippen LogP contribution in [0.1, 0.15) is 11.3 Å². The monoisotopic (exact) mass is 305 g/mol. The van der Waals surface area contributed by atoms with Gasteiger partial charge in [0.05, 0.1) is 11.3 Å². The fourth-order valence-corrected chi connectivity index (χ4v) is 1.84. The zero-order valence-electron chi connectivity index (χ0n) is 8.46. The van der Waals surface area contributed by atoms with Gasteiger partial charge < -0.3 is 4.42 Å². The molecule has 0 aliphatic heterocycles. The highest BCUT2D eigenvalue weighted by molar-refractivity contribution is 9.08. The van der Waals surface area contributed by atoms with Crippen LogP contribution in [0.3, 0.4) is 0 Å². The van der Waals surface area contributed by atoms with Gasteiger partial charge in [-0.05, 0) is 12.1 Å². The number of halogens is 4. The highest BCUT2D eigenvalue weighted by atomic mass is 79.9. The second kappa shape index (κ2) is 4.52. The van der Waals surface area contributed by atoms with Gasteiger partial charge in [0.2, 0.25) is 0 Å². The molecule has 0 radical (unpaired) electrons. The summed E-state index contributed by atoms with van der Waals surface area (Å²) >= 11 is 3.20. The van der Waals surface area contributed by atoms with Gasteiger partial charge in [0.25, 0.3) is 0 Å². The van der Waals surface area contributed by atoms with Crippen LogP contribution >= 0.6 is 15.9 Å². The van der Waals surface area contributed by atoms with E-state index in [0.29, 0.717) is 22.3 Å². The Kier molecular flexibility index (Phi) is 3.24. The number of rotatable bonds is 2. The van der Waals surface area contributed by atoms with E-state index in [0.717, 1.165) is 12.1 Å². The first-order valence-corrected chi connectivity index (χ1v) is 5.80. The van der Waals surface area contributed by atoms with Crippen LogP contribution in [-0.4, -0.2) is 4.98 Å². The van der Waals surface area contributed by atoms with E-state index in [1.165, 1.54) is 12.5 Å². The van der Waals surface area contributed by atoms with Crippen molar-refractivity contribution in [2.75, 3.05) is 0 Å². The van der Waals surface area contributed by atoms with Crippen LogP contribution < -0.4 is 0 Å². The predicted molar refractivity (Wildman–Crippen MR) is 59.6 cm³/mol. The molecule has 2 nitrogen and oxygen atoms in total. The quantitative estimate of drug-likeness (QED) is 0.775. The molecule has 0 atom stereocenters. The lowest BCUT2D eigenvalue weighted by Crippen LogP contribution is -2.04. The van der Waals surface area contributed by atoms with E-state index in [-0.39, 0.29) is 0 Å². The largest absolute Gasteiger partial charge is 0.443 e. The van der Waals surface area contributed by atoms with Gasteiger partial charge in [-0.3, -0.25) is 0 Å². The summed E-state index contributed by atoms with van der Waals surface area (Å²) in [6.45, 7) is 0. The molecule has 0 aliphatic rings. The lowest BCUT2D eigenvalue weighted by molar-refractivity contribution is -0.137. The summed E-state index contributed by atoms with van der Waals surface area (Å²) in [5.41, 5.74) is 0.239. The zero-order valence-corrected chi connectivity index (χ0v) is 10.0. The number of hydrogen-bond donors (Lipinski definition) is 0. The van der Waals surface area contributed by atoms with Gasteiger partial charge in [-0.1, -0.05) is 28.1 Å². The van der Waals surface area contributed by atoms with Crippen LogP contribution in [0.5, 0.6) is 0 Å². The number of nitrogens with zero attached hydrogens (tertiary/aromatic N) is 1. The van der Waals surface area contributed by atoms with Crippen molar-refractivity contribution in [3.63, 3.8) is 0 Å². The third kappa shape index (κ3) is 2.52. The van der Waals surface area contributed by atoms with Crippen molar-refractivity contribution in [1.29, 1.82) is 0 Å². The van der Waals surface area contributed by atoms with Crippen LogP contribution in [0, 0.1) is 0 Å². The highest BCUT2D eigenvalue weighted by Gasteiger charge is 2.30. The van der Waals surface area contributed by atoms with Gasteiger partial charge in [0.15, 0.2) is 12.2 Å². The number of hydrogen-bond acceptors (Lipinski definition) is 2. The smallest absolute Gasteiger partial charge is 0.416 e. The molecule has 90 valence electrons. The fraction of sp³-hybridized carbons (Fsp3) is 0.182. The highest BCUT2D eigenvalue weighted by Crippen LogP contribution is 2.33. The second-order valence-electron chi connectivity index (χ2n) is 3.34. The number of benzene rings is 1. The van der Waals surface area contributed by atoms with E-state index in [1.54, 1.807) is 6.07 Å².